The number of hydrogen-bond acceptors (Lipinski definition) is 6. The first-order chi connectivity index (χ1) is 18.7. The third kappa shape index (κ3) is 4.04. The highest BCUT2D eigenvalue weighted by Gasteiger charge is 2.59. The van der Waals surface area contributed by atoms with Crippen LogP contribution in [0.3, 0.4) is 0 Å². The fraction of sp³-hybridized carbons (Fsp3) is 0.606. The number of fused-ring (bicyclic) bond motifs is 5. The van der Waals surface area contributed by atoms with E-state index >= 15 is 0 Å². The number of nitrogens with one attached hydrogen (secondary N) is 2. The molecule has 2 saturated carbocycles. The Hall–Kier alpha value is -2.73. The lowest BCUT2D eigenvalue weighted by Gasteiger charge is -2.53. The van der Waals surface area contributed by atoms with Gasteiger partial charge in [0.1, 0.15) is 5.78 Å². The summed E-state index contributed by atoms with van der Waals surface area (Å²) in [6.45, 7) is 14.1. The average Bonchev–Trinajstić information content (AvgIpc) is 3.19. The molecule has 5 aliphatic rings. The number of carbonyl (C=O) groups excluding carboxylic acids is 2. The van der Waals surface area contributed by atoms with Gasteiger partial charge in [0.15, 0.2) is 0 Å². The lowest BCUT2D eigenvalue weighted by atomic mass is 9.52. The molecule has 7 atom stereocenters. The zero-order valence-corrected chi connectivity index (χ0v) is 24.2. The molecule has 0 spiro atoms. The Kier molecular flexibility index (Phi) is 6.60. The van der Waals surface area contributed by atoms with E-state index in [0.717, 1.165) is 68.9 Å². The van der Waals surface area contributed by atoms with Gasteiger partial charge in [-0.2, -0.15) is 0 Å². The molecule has 1 saturated heterocycles. The van der Waals surface area contributed by atoms with E-state index in [1.165, 1.54) is 11.1 Å². The van der Waals surface area contributed by atoms with Gasteiger partial charge in [-0.3, -0.25) is 14.6 Å². The van der Waals surface area contributed by atoms with Crippen molar-refractivity contribution < 1.29 is 9.59 Å². The van der Waals surface area contributed by atoms with Gasteiger partial charge in [-0.25, -0.2) is 0 Å². The first-order valence-electron chi connectivity index (χ1n) is 15.0. The van der Waals surface area contributed by atoms with E-state index in [-0.39, 0.29) is 28.6 Å². The number of anilines is 1. The first kappa shape index (κ1) is 26.5. The van der Waals surface area contributed by atoms with Crippen molar-refractivity contribution >= 4 is 17.3 Å². The average molecular weight is 529 g/mol. The SMILES string of the molecule is CCNc1cccnc1C1CNCCN1C1=C[C@@]2(C)C(=CC1=O)CC[C@@H]1C2=CC[C@]2(C)[C@@H](C(C)=O)C(C)C[C@@H]12. The van der Waals surface area contributed by atoms with Gasteiger partial charge in [-0.15, -0.1) is 0 Å². The van der Waals surface area contributed by atoms with Crippen LogP contribution in [0, 0.1) is 34.5 Å². The number of nitrogens with zero attached hydrogens (tertiary/aromatic N) is 2. The molecule has 2 N–H and O–H groups in total. The quantitative estimate of drug-likeness (QED) is 0.494. The molecule has 1 aromatic rings. The second kappa shape index (κ2) is 9.72. The molecule has 39 heavy (non-hydrogen) atoms. The molecule has 4 aliphatic carbocycles. The van der Waals surface area contributed by atoms with E-state index in [2.05, 4.69) is 61.4 Å². The summed E-state index contributed by atoms with van der Waals surface area (Å²) in [5.74, 6) is 2.06. The highest BCUT2D eigenvalue weighted by molar-refractivity contribution is 6.05. The molecule has 6 heteroatoms. The fourth-order valence-corrected chi connectivity index (χ4v) is 9.32. The molecule has 3 fully saturated rings. The van der Waals surface area contributed by atoms with Crippen molar-refractivity contribution in [3.63, 3.8) is 0 Å². The summed E-state index contributed by atoms with van der Waals surface area (Å²) in [5, 5.41) is 7.01. The third-order valence-electron chi connectivity index (χ3n) is 10.9. The number of hydrogen-bond donors (Lipinski definition) is 2. The van der Waals surface area contributed by atoms with Gasteiger partial charge >= 0.3 is 0 Å². The van der Waals surface area contributed by atoms with Crippen molar-refractivity contribution in [1.82, 2.24) is 15.2 Å². The Morgan fingerprint density at radius 2 is 2.13 bits per heavy atom. The van der Waals surface area contributed by atoms with Gasteiger partial charge in [0.2, 0.25) is 5.78 Å². The van der Waals surface area contributed by atoms with Crippen molar-refractivity contribution in [2.24, 2.45) is 34.5 Å². The third-order valence-corrected chi connectivity index (χ3v) is 10.9. The molecule has 1 aromatic heterocycles. The largest absolute Gasteiger partial charge is 0.384 e. The minimum absolute atomic E-state index is 0.0160. The van der Waals surface area contributed by atoms with Gasteiger partial charge in [-0.1, -0.05) is 31.1 Å². The molecule has 0 amide bonds. The topological polar surface area (TPSA) is 74.3 Å². The van der Waals surface area contributed by atoms with E-state index < -0.39 is 0 Å². The second-order valence-electron chi connectivity index (χ2n) is 13.1. The van der Waals surface area contributed by atoms with Crippen molar-refractivity contribution in [2.45, 2.75) is 66.3 Å². The number of piperazine rings is 1. The molecule has 2 unspecified atom stereocenters. The van der Waals surface area contributed by atoms with Crippen LogP contribution in [0.25, 0.3) is 0 Å². The Morgan fingerprint density at radius 1 is 1.31 bits per heavy atom. The number of Topliss-reactive ketones (excluding diaryl/α,β-unsaturated/α-hetero) is 1. The van der Waals surface area contributed by atoms with Crippen LogP contribution >= 0.6 is 0 Å². The van der Waals surface area contributed by atoms with Crippen LogP contribution < -0.4 is 10.6 Å². The molecular formula is C33H44N4O2. The Balaban J connectivity index is 1.39. The summed E-state index contributed by atoms with van der Waals surface area (Å²) in [6.07, 6.45) is 12.7. The van der Waals surface area contributed by atoms with Crippen LogP contribution in [0.1, 0.15) is 72.0 Å². The van der Waals surface area contributed by atoms with Crippen molar-refractivity contribution in [1.29, 1.82) is 0 Å². The maximum Gasteiger partial charge on any atom is 0.201 e. The second-order valence-corrected chi connectivity index (χ2v) is 13.1. The smallest absolute Gasteiger partial charge is 0.201 e. The molecule has 0 radical (unpaired) electrons. The number of carbonyl (C=O) groups is 2. The predicted octanol–water partition coefficient (Wildman–Crippen LogP) is 5.47. The standard InChI is InChI=1S/C33H44N4O2/c1-6-35-26-8-7-13-36-31(26)28-19-34-14-15-37(28)27-18-33(5)22(17-29(27)39)9-10-23-24(33)11-12-32(4)25(23)16-20(2)30(32)21(3)38/h7-8,11,13,17-18,20,23,25,28,30,34-35H,6,9-10,12,14-16,19H2,1-5H3/t20?,23-,25+,28?,30-,32+,33+/m1/s1. The molecule has 6 rings (SSSR count). The summed E-state index contributed by atoms with van der Waals surface area (Å²) in [6, 6.07) is 4.04. The summed E-state index contributed by atoms with van der Waals surface area (Å²) in [5.41, 5.74) is 5.37. The minimum atomic E-state index is -0.255. The lowest BCUT2D eigenvalue weighted by Crippen LogP contribution is -2.49. The normalized spacial score (nSPS) is 37.7. The molecule has 6 nitrogen and oxygen atoms in total. The molecular weight excluding hydrogens is 484 g/mol. The maximum atomic E-state index is 13.7. The zero-order chi connectivity index (χ0) is 27.5. The van der Waals surface area contributed by atoms with Crippen molar-refractivity contribution in [3.05, 3.63) is 59.1 Å². The van der Waals surface area contributed by atoms with Crippen molar-refractivity contribution in [3.8, 4) is 0 Å². The maximum absolute atomic E-state index is 13.7. The van der Waals surface area contributed by atoms with E-state index in [9.17, 15) is 9.59 Å². The van der Waals surface area contributed by atoms with Gasteiger partial charge < -0.3 is 15.5 Å². The van der Waals surface area contributed by atoms with E-state index in [4.69, 9.17) is 4.98 Å². The van der Waals surface area contributed by atoms with E-state index in [1.54, 1.807) is 6.92 Å². The summed E-state index contributed by atoms with van der Waals surface area (Å²) in [7, 11) is 0. The number of allylic oxidation sites excluding steroid dienone is 5. The Labute approximate surface area is 233 Å². The van der Waals surface area contributed by atoms with Crippen molar-refractivity contribution in [2.75, 3.05) is 31.5 Å². The zero-order valence-electron chi connectivity index (χ0n) is 24.2. The van der Waals surface area contributed by atoms with Crippen LogP contribution in [0.4, 0.5) is 5.69 Å². The van der Waals surface area contributed by atoms with Gasteiger partial charge in [0.05, 0.1) is 23.1 Å². The highest BCUT2D eigenvalue weighted by Crippen LogP contribution is 2.65. The van der Waals surface area contributed by atoms with Crippen LogP contribution in [0.2, 0.25) is 0 Å². The van der Waals surface area contributed by atoms with Gasteiger partial charge in [0, 0.05) is 43.7 Å². The van der Waals surface area contributed by atoms with Gasteiger partial charge in [-0.05, 0) is 93.9 Å². The number of ketones is 2. The Bertz CT molecular complexity index is 1280. The summed E-state index contributed by atoms with van der Waals surface area (Å²) >= 11 is 0. The number of rotatable bonds is 5. The molecule has 1 aliphatic heterocycles. The van der Waals surface area contributed by atoms with E-state index in [1.807, 2.05) is 18.3 Å². The van der Waals surface area contributed by atoms with Crippen LogP contribution in [0.5, 0.6) is 0 Å². The van der Waals surface area contributed by atoms with Crippen LogP contribution in [0.15, 0.2) is 53.4 Å². The molecule has 2 heterocycles. The first-order valence-corrected chi connectivity index (χ1v) is 15.0. The fourth-order valence-electron chi connectivity index (χ4n) is 9.32. The molecule has 208 valence electrons. The predicted molar refractivity (Wildman–Crippen MR) is 155 cm³/mol. The lowest BCUT2D eigenvalue weighted by molar-refractivity contribution is -0.126. The molecule has 0 bridgehead atoms. The number of aromatic nitrogens is 1. The van der Waals surface area contributed by atoms with Crippen LogP contribution in [-0.2, 0) is 9.59 Å². The van der Waals surface area contributed by atoms with Gasteiger partial charge in [0.25, 0.3) is 0 Å². The summed E-state index contributed by atoms with van der Waals surface area (Å²) < 4.78 is 0. The Morgan fingerprint density at radius 3 is 2.90 bits per heavy atom. The minimum Gasteiger partial charge on any atom is -0.384 e. The molecule has 0 aromatic carbocycles. The summed E-state index contributed by atoms with van der Waals surface area (Å²) in [4.78, 5) is 33.6. The highest BCUT2D eigenvalue weighted by atomic mass is 16.1. The monoisotopic (exact) mass is 528 g/mol. The number of pyridine rings is 1. The van der Waals surface area contributed by atoms with E-state index in [0.29, 0.717) is 23.5 Å². The van der Waals surface area contributed by atoms with Crippen LogP contribution in [-0.4, -0.2) is 47.6 Å².